The monoisotopic (exact) mass is 290 g/mol. The Labute approximate surface area is 131 Å². The van der Waals surface area contributed by atoms with Gasteiger partial charge in [-0.25, -0.2) is 0 Å². The van der Waals surface area contributed by atoms with Crippen molar-refractivity contribution < 1.29 is 0 Å². The molecule has 1 atom stereocenters. The second-order valence-corrected chi connectivity index (χ2v) is 6.03. The van der Waals surface area contributed by atoms with Gasteiger partial charge in [0.2, 0.25) is 0 Å². The van der Waals surface area contributed by atoms with E-state index in [9.17, 15) is 0 Å². The van der Waals surface area contributed by atoms with Crippen molar-refractivity contribution in [2.24, 2.45) is 0 Å². The Bertz CT molecular complexity index is 324. The number of hydrazine groups is 1. The van der Waals surface area contributed by atoms with Crippen LogP contribution in [0.3, 0.4) is 0 Å². The quantitative estimate of drug-likeness (QED) is 0.377. The molecule has 0 amide bonds. The molecule has 0 saturated heterocycles. The van der Waals surface area contributed by atoms with Crippen LogP contribution in [0, 0.1) is 0 Å². The summed E-state index contributed by atoms with van der Waals surface area (Å²) in [5, 5.41) is 0. The van der Waals surface area contributed by atoms with Gasteiger partial charge in [0.25, 0.3) is 0 Å². The molecular weight excluding hydrogens is 256 g/mol. The highest BCUT2D eigenvalue weighted by Gasteiger charge is 2.02. The van der Waals surface area contributed by atoms with E-state index in [0.717, 1.165) is 6.54 Å². The molecule has 120 valence electrons. The molecule has 1 aromatic rings. The second-order valence-electron chi connectivity index (χ2n) is 6.03. The molecule has 0 fully saturated rings. The smallest absolute Gasteiger partial charge is 0.0434 e. The largest absolute Gasteiger partial charge is 0.257 e. The zero-order valence-electron chi connectivity index (χ0n) is 14.0. The minimum absolute atomic E-state index is 0.366. The molecule has 0 heterocycles. The molecule has 1 unspecified atom stereocenters. The third-order valence-electron chi connectivity index (χ3n) is 4.02. The average Bonchev–Trinajstić information content (AvgIpc) is 2.53. The Hall–Kier alpha value is -0.860. The molecular formula is C19H34N2. The Morgan fingerprint density at radius 2 is 1.38 bits per heavy atom. The van der Waals surface area contributed by atoms with Crippen LogP contribution in [-0.2, 0) is 0 Å². The summed E-state index contributed by atoms with van der Waals surface area (Å²) in [5.74, 6) is 0. The predicted molar refractivity (Wildman–Crippen MR) is 93.2 cm³/mol. The summed E-state index contributed by atoms with van der Waals surface area (Å²) in [4.78, 5) is 0. The van der Waals surface area contributed by atoms with Crippen LogP contribution in [0.4, 0.5) is 0 Å². The molecule has 0 spiro atoms. The normalized spacial score (nSPS) is 12.5. The zero-order valence-corrected chi connectivity index (χ0v) is 14.0. The van der Waals surface area contributed by atoms with Crippen molar-refractivity contribution >= 4 is 0 Å². The van der Waals surface area contributed by atoms with Gasteiger partial charge >= 0.3 is 0 Å². The highest BCUT2D eigenvalue weighted by Crippen LogP contribution is 2.10. The third kappa shape index (κ3) is 9.65. The van der Waals surface area contributed by atoms with Gasteiger partial charge in [-0.1, -0.05) is 88.6 Å². The average molecular weight is 290 g/mol. The molecule has 0 aliphatic carbocycles. The molecule has 0 aliphatic heterocycles. The fourth-order valence-electron chi connectivity index (χ4n) is 2.57. The lowest BCUT2D eigenvalue weighted by Crippen LogP contribution is -2.34. The molecule has 0 aliphatic rings. The summed E-state index contributed by atoms with van der Waals surface area (Å²) in [7, 11) is 0. The van der Waals surface area contributed by atoms with Gasteiger partial charge in [-0.3, -0.25) is 10.9 Å². The standard InChI is InChI=1S/C19H34N2/c1-3-4-5-6-7-8-9-10-14-17-20-21-18(2)19-15-12-11-13-16-19/h11-13,15-16,18,20-21H,3-10,14,17H2,1-2H3. The summed E-state index contributed by atoms with van der Waals surface area (Å²) in [6.45, 7) is 5.53. The lowest BCUT2D eigenvalue weighted by atomic mass is 10.1. The number of rotatable bonds is 13. The number of unbranched alkanes of at least 4 members (excludes halogenated alkanes) is 8. The van der Waals surface area contributed by atoms with Gasteiger partial charge in [-0.05, 0) is 18.9 Å². The molecule has 2 heteroatoms. The molecule has 0 aromatic heterocycles. The minimum atomic E-state index is 0.366. The lowest BCUT2D eigenvalue weighted by molar-refractivity contribution is 0.446. The second kappa shape index (κ2) is 12.8. The molecule has 0 radical (unpaired) electrons. The molecule has 2 nitrogen and oxygen atoms in total. The number of hydrogen-bond donors (Lipinski definition) is 2. The molecule has 2 N–H and O–H groups in total. The zero-order chi connectivity index (χ0) is 15.2. The van der Waals surface area contributed by atoms with Crippen molar-refractivity contribution in [3.8, 4) is 0 Å². The first-order valence-electron chi connectivity index (χ1n) is 8.88. The Kier molecular flexibility index (Phi) is 11.1. The van der Waals surface area contributed by atoms with Crippen molar-refractivity contribution in [1.29, 1.82) is 0 Å². The maximum absolute atomic E-state index is 3.37. The maximum Gasteiger partial charge on any atom is 0.0434 e. The van der Waals surface area contributed by atoms with Gasteiger partial charge in [0.05, 0.1) is 0 Å². The lowest BCUT2D eigenvalue weighted by Gasteiger charge is -2.15. The van der Waals surface area contributed by atoms with E-state index in [-0.39, 0.29) is 0 Å². The highest BCUT2D eigenvalue weighted by atomic mass is 15.4. The van der Waals surface area contributed by atoms with Crippen LogP contribution in [0.25, 0.3) is 0 Å². The van der Waals surface area contributed by atoms with Crippen LogP contribution in [-0.4, -0.2) is 6.54 Å². The third-order valence-corrected chi connectivity index (χ3v) is 4.02. The fourth-order valence-corrected chi connectivity index (χ4v) is 2.57. The Morgan fingerprint density at radius 3 is 2.00 bits per heavy atom. The van der Waals surface area contributed by atoms with Gasteiger partial charge in [-0.15, -0.1) is 0 Å². The van der Waals surface area contributed by atoms with E-state index >= 15 is 0 Å². The van der Waals surface area contributed by atoms with Gasteiger partial charge in [0.15, 0.2) is 0 Å². The van der Waals surface area contributed by atoms with Gasteiger partial charge in [-0.2, -0.15) is 0 Å². The number of nitrogens with one attached hydrogen (secondary N) is 2. The van der Waals surface area contributed by atoms with E-state index in [0.29, 0.717) is 6.04 Å². The molecule has 0 bridgehead atoms. The Morgan fingerprint density at radius 1 is 0.810 bits per heavy atom. The first kappa shape index (κ1) is 18.2. The van der Waals surface area contributed by atoms with Crippen molar-refractivity contribution in [1.82, 2.24) is 10.9 Å². The van der Waals surface area contributed by atoms with E-state index in [4.69, 9.17) is 0 Å². The van der Waals surface area contributed by atoms with Gasteiger partial charge in [0, 0.05) is 12.6 Å². The summed E-state index contributed by atoms with van der Waals surface area (Å²) in [5.41, 5.74) is 8.06. The highest BCUT2D eigenvalue weighted by molar-refractivity contribution is 5.17. The van der Waals surface area contributed by atoms with Crippen LogP contribution < -0.4 is 10.9 Å². The summed E-state index contributed by atoms with van der Waals surface area (Å²) < 4.78 is 0. The van der Waals surface area contributed by atoms with E-state index in [1.54, 1.807) is 0 Å². The van der Waals surface area contributed by atoms with E-state index in [1.807, 2.05) is 0 Å². The van der Waals surface area contributed by atoms with E-state index < -0.39 is 0 Å². The van der Waals surface area contributed by atoms with Gasteiger partial charge in [0.1, 0.15) is 0 Å². The summed E-state index contributed by atoms with van der Waals surface area (Å²) >= 11 is 0. The summed E-state index contributed by atoms with van der Waals surface area (Å²) in [6.07, 6.45) is 12.5. The first-order chi connectivity index (χ1) is 10.3. The van der Waals surface area contributed by atoms with Crippen LogP contribution >= 0.6 is 0 Å². The SMILES string of the molecule is CCCCCCCCCCCNNC(C)c1ccccc1. The van der Waals surface area contributed by atoms with Gasteiger partial charge < -0.3 is 0 Å². The number of benzene rings is 1. The van der Waals surface area contributed by atoms with Crippen molar-refractivity contribution in [3.63, 3.8) is 0 Å². The molecule has 1 aromatic carbocycles. The fraction of sp³-hybridized carbons (Fsp3) is 0.684. The van der Waals surface area contributed by atoms with Crippen LogP contribution in [0.5, 0.6) is 0 Å². The Balaban J connectivity index is 1.86. The molecule has 0 saturated carbocycles. The van der Waals surface area contributed by atoms with E-state index in [2.05, 4.69) is 55.0 Å². The molecule has 21 heavy (non-hydrogen) atoms. The van der Waals surface area contributed by atoms with Crippen LogP contribution in [0.2, 0.25) is 0 Å². The minimum Gasteiger partial charge on any atom is -0.257 e. The first-order valence-corrected chi connectivity index (χ1v) is 8.88. The topological polar surface area (TPSA) is 24.1 Å². The predicted octanol–water partition coefficient (Wildman–Crippen LogP) is 5.37. The van der Waals surface area contributed by atoms with Crippen molar-refractivity contribution in [2.45, 2.75) is 77.7 Å². The van der Waals surface area contributed by atoms with Crippen LogP contribution in [0.1, 0.15) is 83.2 Å². The van der Waals surface area contributed by atoms with Crippen molar-refractivity contribution in [2.75, 3.05) is 6.54 Å². The molecule has 1 rings (SSSR count). The summed E-state index contributed by atoms with van der Waals surface area (Å²) in [6, 6.07) is 10.9. The van der Waals surface area contributed by atoms with E-state index in [1.165, 1.54) is 63.4 Å². The number of hydrogen-bond acceptors (Lipinski definition) is 2. The van der Waals surface area contributed by atoms with Crippen LogP contribution in [0.15, 0.2) is 30.3 Å². The maximum atomic E-state index is 3.37. The van der Waals surface area contributed by atoms with Crippen molar-refractivity contribution in [3.05, 3.63) is 35.9 Å².